The number of hydrogen-bond acceptors (Lipinski definition) is 4. The maximum Gasteiger partial charge on any atom is 0.242 e. The first-order valence-electron chi connectivity index (χ1n) is 10.5. The molecule has 0 fully saturated rings. The van der Waals surface area contributed by atoms with Gasteiger partial charge in [-0.3, -0.25) is 9.59 Å². The summed E-state index contributed by atoms with van der Waals surface area (Å²) < 4.78 is 26.6. The van der Waals surface area contributed by atoms with E-state index in [0.717, 1.165) is 5.56 Å². The van der Waals surface area contributed by atoms with E-state index < -0.39 is 16.1 Å². The fourth-order valence-corrected chi connectivity index (χ4v) is 4.72. The number of carbonyl (C=O) groups is 2. The number of nitrogens with zero attached hydrogens (tertiary/aromatic N) is 2. The van der Waals surface area contributed by atoms with Gasteiger partial charge < -0.3 is 10.2 Å². The maximum atomic E-state index is 13.1. The van der Waals surface area contributed by atoms with E-state index in [9.17, 15) is 18.0 Å². The van der Waals surface area contributed by atoms with Gasteiger partial charge in [-0.05, 0) is 42.7 Å². The Bertz CT molecular complexity index is 998. The molecule has 0 aliphatic rings. The second kappa shape index (κ2) is 12.0. The lowest BCUT2D eigenvalue weighted by molar-refractivity contribution is -0.141. The van der Waals surface area contributed by atoms with E-state index in [1.54, 1.807) is 54.4 Å². The molecule has 0 spiro atoms. The predicted molar refractivity (Wildman–Crippen MR) is 126 cm³/mol. The molecule has 0 saturated heterocycles. The van der Waals surface area contributed by atoms with Gasteiger partial charge in [0.2, 0.25) is 21.8 Å². The molecule has 7 nitrogen and oxygen atoms in total. The summed E-state index contributed by atoms with van der Waals surface area (Å²) in [6.07, 6.45) is 0.916. The van der Waals surface area contributed by atoms with Crippen molar-refractivity contribution in [2.24, 2.45) is 0 Å². The van der Waals surface area contributed by atoms with E-state index >= 15 is 0 Å². The number of sulfonamides is 1. The highest BCUT2D eigenvalue weighted by atomic mass is 35.5. The molecule has 0 aromatic heterocycles. The highest BCUT2D eigenvalue weighted by Crippen LogP contribution is 2.18. The predicted octanol–water partition coefficient (Wildman–Crippen LogP) is 3.29. The van der Waals surface area contributed by atoms with Crippen LogP contribution in [-0.2, 0) is 26.2 Å². The Kier molecular flexibility index (Phi) is 9.68. The molecule has 1 atom stereocenters. The standard InChI is InChI=1S/C23H30ClN3O4S/c1-4-21(23(29)25-2)27(17-18-12-14-19(24)15-13-18)22(28)11-8-16-26(3)32(30,31)20-9-6-5-7-10-20/h5-7,9-10,12-15,21H,4,8,11,16-17H2,1-3H3,(H,25,29)/t21-/m1/s1. The summed E-state index contributed by atoms with van der Waals surface area (Å²) in [5, 5.41) is 3.21. The van der Waals surface area contributed by atoms with Crippen molar-refractivity contribution in [2.75, 3.05) is 20.6 Å². The number of benzene rings is 2. The Morgan fingerprint density at radius 2 is 1.69 bits per heavy atom. The van der Waals surface area contributed by atoms with Crippen molar-refractivity contribution in [1.82, 2.24) is 14.5 Å². The summed E-state index contributed by atoms with van der Waals surface area (Å²) in [5.41, 5.74) is 0.855. The lowest BCUT2D eigenvalue weighted by Gasteiger charge is -2.30. The van der Waals surface area contributed by atoms with E-state index in [4.69, 9.17) is 11.6 Å². The van der Waals surface area contributed by atoms with Crippen molar-refractivity contribution in [2.45, 2.75) is 43.7 Å². The van der Waals surface area contributed by atoms with Crippen LogP contribution in [0.25, 0.3) is 0 Å². The zero-order valence-corrected chi connectivity index (χ0v) is 20.2. The van der Waals surface area contributed by atoms with Gasteiger partial charge in [-0.15, -0.1) is 0 Å². The summed E-state index contributed by atoms with van der Waals surface area (Å²) in [4.78, 5) is 27.2. The fraction of sp³-hybridized carbons (Fsp3) is 0.391. The molecule has 2 aromatic rings. The Labute approximate surface area is 195 Å². The largest absolute Gasteiger partial charge is 0.357 e. The average molecular weight is 480 g/mol. The molecule has 9 heteroatoms. The van der Waals surface area contributed by atoms with E-state index in [-0.39, 0.29) is 36.2 Å². The minimum atomic E-state index is -3.62. The molecule has 2 amide bonds. The monoisotopic (exact) mass is 479 g/mol. The van der Waals surface area contributed by atoms with Crippen LogP contribution in [0.1, 0.15) is 31.7 Å². The van der Waals surface area contributed by atoms with Crippen molar-refractivity contribution >= 4 is 33.4 Å². The van der Waals surface area contributed by atoms with Crippen molar-refractivity contribution < 1.29 is 18.0 Å². The molecule has 0 unspecified atom stereocenters. The Morgan fingerprint density at radius 3 is 2.25 bits per heavy atom. The lowest BCUT2D eigenvalue weighted by atomic mass is 10.1. The molecule has 0 saturated carbocycles. The third-order valence-electron chi connectivity index (χ3n) is 5.21. The van der Waals surface area contributed by atoms with Gasteiger partial charge in [0, 0.05) is 38.6 Å². The lowest BCUT2D eigenvalue weighted by Crippen LogP contribution is -2.48. The second-order valence-corrected chi connectivity index (χ2v) is 9.91. The third-order valence-corrected chi connectivity index (χ3v) is 7.34. The molecule has 2 aromatic carbocycles. The molecule has 0 heterocycles. The van der Waals surface area contributed by atoms with Gasteiger partial charge in [0.25, 0.3) is 0 Å². The summed E-state index contributed by atoms with van der Waals surface area (Å²) in [7, 11) is -0.578. The van der Waals surface area contributed by atoms with Crippen LogP contribution < -0.4 is 5.32 Å². The molecule has 2 rings (SSSR count). The maximum absolute atomic E-state index is 13.1. The van der Waals surface area contributed by atoms with Gasteiger partial charge in [-0.2, -0.15) is 0 Å². The van der Waals surface area contributed by atoms with Crippen molar-refractivity contribution in [3.63, 3.8) is 0 Å². The van der Waals surface area contributed by atoms with Gasteiger partial charge in [-0.1, -0.05) is 48.9 Å². The van der Waals surface area contributed by atoms with Gasteiger partial charge in [-0.25, -0.2) is 12.7 Å². The zero-order chi connectivity index (χ0) is 23.7. The number of carbonyl (C=O) groups excluding carboxylic acids is 2. The molecule has 0 bridgehead atoms. The molecule has 174 valence electrons. The molecule has 1 N–H and O–H groups in total. The van der Waals surface area contributed by atoms with E-state index in [0.29, 0.717) is 17.9 Å². The van der Waals surface area contributed by atoms with Crippen molar-refractivity contribution in [3.8, 4) is 0 Å². The number of rotatable bonds is 11. The normalized spacial score (nSPS) is 12.4. The van der Waals surface area contributed by atoms with Crippen LogP contribution in [0.2, 0.25) is 5.02 Å². The van der Waals surface area contributed by atoms with E-state index in [1.807, 2.05) is 19.1 Å². The second-order valence-electron chi connectivity index (χ2n) is 7.43. The summed E-state index contributed by atoms with van der Waals surface area (Å²) in [6, 6.07) is 14.7. The highest BCUT2D eigenvalue weighted by Gasteiger charge is 2.28. The van der Waals surface area contributed by atoms with Crippen LogP contribution >= 0.6 is 11.6 Å². The molecule has 0 aliphatic heterocycles. The smallest absolute Gasteiger partial charge is 0.242 e. The Morgan fingerprint density at radius 1 is 1.06 bits per heavy atom. The quantitative estimate of drug-likeness (QED) is 0.535. The first kappa shape index (κ1) is 25.8. The molecule has 0 radical (unpaired) electrons. The Hall–Kier alpha value is -2.42. The van der Waals surface area contributed by atoms with Crippen LogP contribution in [0.15, 0.2) is 59.5 Å². The minimum Gasteiger partial charge on any atom is -0.357 e. The summed E-state index contributed by atoms with van der Waals surface area (Å²) in [6.45, 7) is 2.30. The van der Waals surface area contributed by atoms with Crippen LogP contribution in [-0.4, -0.2) is 56.1 Å². The highest BCUT2D eigenvalue weighted by molar-refractivity contribution is 7.89. The third kappa shape index (κ3) is 6.79. The van der Waals surface area contributed by atoms with Gasteiger partial charge in [0.1, 0.15) is 6.04 Å². The van der Waals surface area contributed by atoms with Crippen LogP contribution in [0, 0.1) is 0 Å². The van der Waals surface area contributed by atoms with Crippen molar-refractivity contribution in [3.05, 3.63) is 65.2 Å². The van der Waals surface area contributed by atoms with Crippen LogP contribution in [0.5, 0.6) is 0 Å². The van der Waals surface area contributed by atoms with Crippen molar-refractivity contribution in [1.29, 1.82) is 0 Å². The van der Waals surface area contributed by atoms with Gasteiger partial charge in [0.15, 0.2) is 0 Å². The number of nitrogens with one attached hydrogen (secondary N) is 1. The van der Waals surface area contributed by atoms with E-state index in [2.05, 4.69) is 5.32 Å². The Balaban J connectivity index is 2.08. The number of hydrogen-bond donors (Lipinski definition) is 1. The first-order valence-corrected chi connectivity index (χ1v) is 12.3. The topological polar surface area (TPSA) is 86.8 Å². The minimum absolute atomic E-state index is 0.121. The van der Waals surface area contributed by atoms with Gasteiger partial charge >= 0.3 is 0 Å². The fourth-order valence-electron chi connectivity index (χ4n) is 3.36. The number of likely N-dealkylation sites (N-methyl/N-ethyl adjacent to an activating group) is 1. The van der Waals surface area contributed by atoms with E-state index in [1.165, 1.54) is 11.4 Å². The molecule has 0 aliphatic carbocycles. The molecular formula is C23H30ClN3O4S. The van der Waals surface area contributed by atoms with Crippen LogP contribution in [0.4, 0.5) is 0 Å². The van der Waals surface area contributed by atoms with Gasteiger partial charge in [0.05, 0.1) is 4.90 Å². The molecular weight excluding hydrogens is 450 g/mol. The SMILES string of the molecule is CC[C@H](C(=O)NC)N(Cc1ccc(Cl)cc1)C(=O)CCCN(C)S(=O)(=O)c1ccccc1. The summed E-state index contributed by atoms with van der Waals surface area (Å²) in [5.74, 6) is -0.445. The average Bonchev–Trinajstić information content (AvgIpc) is 2.80. The zero-order valence-electron chi connectivity index (χ0n) is 18.6. The molecule has 32 heavy (non-hydrogen) atoms. The number of amides is 2. The first-order chi connectivity index (χ1) is 15.2. The van der Waals surface area contributed by atoms with Crippen LogP contribution in [0.3, 0.4) is 0 Å². The number of halogens is 1. The summed E-state index contributed by atoms with van der Waals surface area (Å²) >= 11 is 5.95.